The van der Waals surface area contributed by atoms with Crippen molar-refractivity contribution in [3.63, 3.8) is 0 Å². The summed E-state index contributed by atoms with van der Waals surface area (Å²) >= 11 is 3.53. The average molecular weight is 332 g/mol. The Kier molecular flexibility index (Phi) is 4.51. The molecule has 0 radical (unpaired) electrons. The summed E-state index contributed by atoms with van der Waals surface area (Å²) in [6.45, 7) is 0.624. The Morgan fingerprint density at radius 1 is 1.05 bits per heavy atom. The summed E-state index contributed by atoms with van der Waals surface area (Å²) in [7, 11) is 0. The Morgan fingerprint density at radius 2 is 1.85 bits per heavy atom. The number of halogens is 1. The van der Waals surface area contributed by atoms with Crippen molar-refractivity contribution in [1.82, 2.24) is 5.48 Å². The lowest BCUT2D eigenvalue weighted by atomic mass is 9.76. The van der Waals surface area contributed by atoms with Crippen LogP contribution in [0.25, 0.3) is 0 Å². The van der Waals surface area contributed by atoms with E-state index >= 15 is 0 Å². The van der Waals surface area contributed by atoms with Crippen LogP contribution in [0.5, 0.6) is 0 Å². The normalized spacial score (nSPS) is 21.4. The van der Waals surface area contributed by atoms with Crippen LogP contribution in [0.15, 0.2) is 59.1 Å². The van der Waals surface area contributed by atoms with Crippen molar-refractivity contribution in [2.75, 3.05) is 0 Å². The maximum atomic E-state index is 5.57. The standard InChI is InChI=1S/C17H18BrNO/c18-16-8-4-7-14(9-16)15-10-17(11-15)19-20-12-13-5-2-1-3-6-13/h1-9,15,17,19H,10-12H2. The zero-order valence-corrected chi connectivity index (χ0v) is 12.8. The topological polar surface area (TPSA) is 21.3 Å². The molecule has 1 saturated carbocycles. The third kappa shape index (κ3) is 3.48. The minimum Gasteiger partial charge on any atom is -0.297 e. The van der Waals surface area contributed by atoms with Crippen LogP contribution >= 0.6 is 15.9 Å². The summed E-state index contributed by atoms with van der Waals surface area (Å²) in [5.74, 6) is 0.658. The van der Waals surface area contributed by atoms with Gasteiger partial charge in [-0.15, -0.1) is 0 Å². The summed E-state index contributed by atoms with van der Waals surface area (Å²) in [5, 5.41) is 0. The van der Waals surface area contributed by atoms with Gasteiger partial charge in [-0.05, 0) is 42.0 Å². The summed E-state index contributed by atoms with van der Waals surface area (Å²) in [6, 6.07) is 19.3. The second-order valence-corrected chi connectivity index (χ2v) is 6.23. The summed E-state index contributed by atoms with van der Waals surface area (Å²) in [4.78, 5) is 5.57. The van der Waals surface area contributed by atoms with Crippen molar-refractivity contribution in [1.29, 1.82) is 0 Å². The van der Waals surface area contributed by atoms with Gasteiger partial charge in [0.2, 0.25) is 0 Å². The third-order valence-corrected chi connectivity index (χ3v) is 4.28. The molecule has 1 N–H and O–H groups in total. The molecule has 0 aromatic heterocycles. The zero-order valence-electron chi connectivity index (χ0n) is 11.3. The third-order valence-electron chi connectivity index (χ3n) is 3.79. The number of benzene rings is 2. The van der Waals surface area contributed by atoms with E-state index in [0.717, 1.165) is 17.3 Å². The molecule has 2 nitrogen and oxygen atoms in total. The minimum atomic E-state index is 0.475. The van der Waals surface area contributed by atoms with Gasteiger partial charge in [0.05, 0.1) is 6.61 Å². The van der Waals surface area contributed by atoms with E-state index < -0.39 is 0 Å². The molecule has 1 fully saturated rings. The molecule has 20 heavy (non-hydrogen) atoms. The van der Waals surface area contributed by atoms with E-state index in [1.54, 1.807) is 0 Å². The molecule has 0 heterocycles. The highest BCUT2D eigenvalue weighted by atomic mass is 79.9. The average Bonchev–Trinajstić information content (AvgIpc) is 2.42. The van der Waals surface area contributed by atoms with E-state index in [1.165, 1.54) is 11.1 Å². The Hall–Kier alpha value is -1.16. The molecule has 0 aliphatic heterocycles. The van der Waals surface area contributed by atoms with E-state index in [4.69, 9.17) is 4.84 Å². The quantitative estimate of drug-likeness (QED) is 0.819. The molecule has 1 aliphatic carbocycles. The highest BCUT2D eigenvalue weighted by molar-refractivity contribution is 9.10. The number of hydrogen-bond acceptors (Lipinski definition) is 2. The Labute approximate surface area is 128 Å². The molecular formula is C17H18BrNO. The van der Waals surface area contributed by atoms with Crippen molar-refractivity contribution < 1.29 is 4.84 Å². The van der Waals surface area contributed by atoms with Gasteiger partial charge >= 0.3 is 0 Å². The van der Waals surface area contributed by atoms with Crippen LogP contribution < -0.4 is 5.48 Å². The van der Waals surface area contributed by atoms with Crippen LogP contribution in [0, 0.1) is 0 Å². The minimum absolute atomic E-state index is 0.475. The Bertz CT molecular complexity index is 552. The van der Waals surface area contributed by atoms with Gasteiger partial charge in [-0.1, -0.05) is 58.4 Å². The second kappa shape index (κ2) is 6.53. The van der Waals surface area contributed by atoms with Gasteiger partial charge < -0.3 is 0 Å². The van der Waals surface area contributed by atoms with Crippen LogP contribution in [0.2, 0.25) is 0 Å². The Morgan fingerprint density at radius 3 is 2.60 bits per heavy atom. The summed E-state index contributed by atoms with van der Waals surface area (Å²) < 4.78 is 1.16. The molecule has 0 saturated heterocycles. The molecule has 0 unspecified atom stereocenters. The van der Waals surface area contributed by atoms with Crippen LogP contribution in [-0.2, 0) is 11.4 Å². The molecule has 0 spiro atoms. The number of hydroxylamine groups is 1. The van der Waals surface area contributed by atoms with E-state index in [1.807, 2.05) is 18.2 Å². The fourth-order valence-electron chi connectivity index (χ4n) is 2.56. The first kappa shape index (κ1) is 13.8. The molecule has 2 aromatic carbocycles. The highest BCUT2D eigenvalue weighted by Gasteiger charge is 2.30. The van der Waals surface area contributed by atoms with Crippen LogP contribution in [0.4, 0.5) is 0 Å². The highest BCUT2D eigenvalue weighted by Crippen LogP contribution is 2.37. The summed E-state index contributed by atoms with van der Waals surface area (Å²) in [6.07, 6.45) is 2.29. The fraction of sp³-hybridized carbons (Fsp3) is 0.294. The monoisotopic (exact) mass is 331 g/mol. The molecule has 104 valence electrons. The van der Waals surface area contributed by atoms with Crippen molar-refractivity contribution in [3.8, 4) is 0 Å². The maximum absolute atomic E-state index is 5.57. The van der Waals surface area contributed by atoms with Crippen LogP contribution in [-0.4, -0.2) is 6.04 Å². The van der Waals surface area contributed by atoms with E-state index in [-0.39, 0.29) is 0 Å². The number of nitrogens with one attached hydrogen (secondary N) is 1. The van der Waals surface area contributed by atoms with Gasteiger partial charge in [-0.3, -0.25) is 4.84 Å². The lowest BCUT2D eigenvalue weighted by Gasteiger charge is -2.35. The van der Waals surface area contributed by atoms with Gasteiger partial charge in [0.1, 0.15) is 0 Å². The first-order valence-corrected chi connectivity index (χ1v) is 7.77. The van der Waals surface area contributed by atoms with Crippen LogP contribution in [0.1, 0.15) is 29.9 Å². The molecule has 0 bridgehead atoms. The molecule has 2 aromatic rings. The molecule has 3 rings (SSSR count). The molecular weight excluding hydrogens is 314 g/mol. The predicted octanol–water partition coefficient (Wildman–Crippen LogP) is 4.42. The van der Waals surface area contributed by atoms with Crippen LogP contribution in [0.3, 0.4) is 0 Å². The SMILES string of the molecule is Brc1cccc(C2CC(NOCc3ccccc3)C2)c1. The lowest BCUT2D eigenvalue weighted by Crippen LogP contribution is -2.39. The number of rotatable bonds is 5. The van der Waals surface area contributed by atoms with Gasteiger partial charge in [0, 0.05) is 10.5 Å². The van der Waals surface area contributed by atoms with Crippen molar-refractivity contribution in [2.24, 2.45) is 0 Å². The Balaban J connectivity index is 1.40. The van der Waals surface area contributed by atoms with Gasteiger partial charge in [0.25, 0.3) is 0 Å². The molecule has 1 aliphatic rings. The van der Waals surface area contributed by atoms with E-state index in [0.29, 0.717) is 18.6 Å². The fourth-order valence-corrected chi connectivity index (χ4v) is 2.98. The van der Waals surface area contributed by atoms with E-state index in [9.17, 15) is 0 Å². The first-order chi connectivity index (χ1) is 9.81. The van der Waals surface area contributed by atoms with Crippen molar-refractivity contribution in [3.05, 3.63) is 70.2 Å². The van der Waals surface area contributed by atoms with Gasteiger partial charge in [0.15, 0.2) is 0 Å². The summed E-state index contributed by atoms with van der Waals surface area (Å²) in [5.41, 5.74) is 5.78. The number of hydrogen-bond donors (Lipinski definition) is 1. The predicted molar refractivity (Wildman–Crippen MR) is 84.3 cm³/mol. The van der Waals surface area contributed by atoms with Gasteiger partial charge in [-0.2, -0.15) is 5.48 Å². The van der Waals surface area contributed by atoms with Gasteiger partial charge in [-0.25, -0.2) is 0 Å². The smallest absolute Gasteiger partial charge is 0.0933 e. The molecule has 3 heteroatoms. The zero-order chi connectivity index (χ0) is 13.8. The maximum Gasteiger partial charge on any atom is 0.0933 e. The van der Waals surface area contributed by atoms with Crippen molar-refractivity contribution >= 4 is 15.9 Å². The van der Waals surface area contributed by atoms with E-state index in [2.05, 4.69) is 57.8 Å². The lowest BCUT2D eigenvalue weighted by molar-refractivity contribution is -0.0197. The molecule has 0 atom stereocenters. The largest absolute Gasteiger partial charge is 0.297 e. The van der Waals surface area contributed by atoms with Crippen molar-refractivity contribution in [2.45, 2.75) is 31.4 Å². The first-order valence-electron chi connectivity index (χ1n) is 6.98. The molecule has 0 amide bonds. The second-order valence-electron chi connectivity index (χ2n) is 5.31.